The van der Waals surface area contributed by atoms with Crippen LogP contribution in [0.15, 0.2) is 16.7 Å². The van der Waals surface area contributed by atoms with Crippen LogP contribution in [0.1, 0.15) is 25.2 Å². The predicted octanol–water partition coefficient (Wildman–Crippen LogP) is 2.54. The molecule has 90 valence electrons. The van der Waals surface area contributed by atoms with E-state index in [2.05, 4.69) is 25.9 Å². The molecule has 17 heavy (non-hydrogen) atoms. The van der Waals surface area contributed by atoms with E-state index in [1.807, 2.05) is 13.0 Å². The van der Waals surface area contributed by atoms with Crippen LogP contribution in [0.25, 0.3) is 11.2 Å². The van der Waals surface area contributed by atoms with Gasteiger partial charge < -0.3 is 5.11 Å². The van der Waals surface area contributed by atoms with Gasteiger partial charge in [-0.3, -0.25) is 4.57 Å². The highest BCUT2D eigenvalue weighted by Gasteiger charge is 2.22. The Kier molecular flexibility index (Phi) is 3.15. The average molecular weight is 298 g/mol. The van der Waals surface area contributed by atoms with Crippen LogP contribution < -0.4 is 0 Å². The Morgan fingerprint density at radius 2 is 2.35 bits per heavy atom. The number of fused-ring (bicyclic) bond motifs is 1. The molecule has 0 radical (unpaired) electrons. The third-order valence-electron chi connectivity index (χ3n) is 2.66. The molecule has 0 amide bonds. The topological polar surface area (TPSA) is 68.0 Å². The molecule has 0 aliphatic heterocycles. The van der Waals surface area contributed by atoms with Crippen LogP contribution in [0.3, 0.4) is 0 Å². The van der Waals surface area contributed by atoms with Gasteiger partial charge in [-0.2, -0.15) is 0 Å². The van der Waals surface area contributed by atoms with E-state index < -0.39 is 12.0 Å². The number of rotatable bonds is 3. The van der Waals surface area contributed by atoms with Gasteiger partial charge in [0.25, 0.3) is 0 Å². The SMILES string of the molecule is CCC(C(=O)O)n1c(C)nc2cc(Br)cnc21. The smallest absolute Gasteiger partial charge is 0.326 e. The number of halogens is 1. The minimum Gasteiger partial charge on any atom is -0.480 e. The first kappa shape index (κ1) is 12.0. The van der Waals surface area contributed by atoms with E-state index in [1.165, 1.54) is 0 Å². The van der Waals surface area contributed by atoms with E-state index in [0.29, 0.717) is 23.4 Å². The molecule has 0 aliphatic rings. The van der Waals surface area contributed by atoms with Crippen LogP contribution in [0.5, 0.6) is 0 Å². The van der Waals surface area contributed by atoms with Crippen molar-refractivity contribution in [3.05, 3.63) is 22.6 Å². The van der Waals surface area contributed by atoms with Gasteiger partial charge in [-0.15, -0.1) is 0 Å². The number of carboxylic acids is 1. The maximum atomic E-state index is 11.2. The van der Waals surface area contributed by atoms with E-state index >= 15 is 0 Å². The molecule has 0 saturated heterocycles. The van der Waals surface area contributed by atoms with Crippen LogP contribution in [-0.2, 0) is 4.79 Å². The van der Waals surface area contributed by atoms with E-state index in [9.17, 15) is 9.90 Å². The molecule has 1 N–H and O–H groups in total. The summed E-state index contributed by atoms with van der Waals surface area (Å²) in [6.07, 6.45) is 2.15. The molecule has 0 bridgehead atoms. The van der Waals surface area contributed by atoms with Gasteiger partial charge in [-0.25, -0.2) is 14.8 Å². The maximum absolute atomic E-state index is 11.2. The van der Waals surface area contributed by atoms with Crippen molar-refractivity contribution in [1.29, 1.82) is 0 Å². The number of aliphatic carboxylic acids is 1. The first-order valence-corrected chi connectivity index (χ1v) is 6.06. The largest absolute Gasteiger partial charge is 0.480 e. The highest BCUT2D eigenvalue weighted by Crippen LogP contribution is 2.23. The monoisotopic (exact) mass is 297 g/mol. The number of aryl methyl sites for hydroxylation is 1. The lowest BCUT2D eigenvalue weighted by atomic mass is 10.2. The molecule has 0 fully saturated rings. The third kappa shape index (κ3) is 2.04. The lowest BCUT2D eigenvalue weighted by Crippen LogP contribution is -2.19. The second kappa shape index (κ2) is 4.44. The van der Waals surface area contributed by atoms with Crippen molar-refractivity contribution in [2.75, 3.05) is 0 Å². The van der Waals surface area contributed by atoms with Crippen LogP contribution in [0.2, 0.25) is 0 Å². The number of nitrogens with zero attached hydrogens (tertiary/aromatic N) is 3. The molecule has 0 aromatic carbocycles. The van der Waals surface area contributed by atoms with Crippen molar-refractivity contribution < 1.29 is 9.90 Å². The van der Waals surface area contributed by atoms with Gasteiger partial charge in [0, 0.05) is 10.7 Å². The van der Waals surface area contributed by atoms with Crippen molar-refractivity contribution in [1.82, 2.24) is 14.5 Å². The van der Waals surface area contributed by atoms with Crippen LogP contribution in [-0.4, -0.2) is 25.6 Å². The van der Waals surface area contributed by atoms with Gasteiger partial charge in [0.15, 0.2) is 5.65 Å². The molecule has 0 aliphatic carbocycles. The average Bonchev–Trinajstić information content (AvgIpc) is 2.55. The van der Waals surface area contributed by atoms with Crippen molar-refractivity contribution in [2.24, 2.45) is 0 Å². The third-order valence-corrected chi connectivity index (χ3v) is 3.09. The molecular formula is C11H12BrN3O2. The number of imidazole rings is 1. The van der Waals surface area contributed by atoms with Gasteiger partial charge >= 0.3 is 5.97 Å². The summed E-state index contributed by atoms with van der Waals surface area (Å²) >= 11 is 3.32. The lowest BCUT2D eigenvalue weighted by molar-refractivity contribution is -0.140. The Morgan fingerprint density at radius 1 is 1.65 bits per heavy atom. The molecule has 0 saturated carbocycles. The second-order valence-electron chi connectivity index (χ2n) is 3.79. The first-order chi connectivity index (χ1) is 8.04. The van der Waals surface area contributed by atoms with Crippen molar-refractivity contribution >= 4 is 33.1 Å². The summed E-state index contributed by atoms with van der Waals surface area (Å²) in [5.74, 6) is -0.195. The minimum absolute atomic E-state index is 0.499. The van der Waals surface area contributed by atoms with Crippen LogP contribution in [0.4, 0.5) is 0 Å². The number of carboxylic acid groups (broad SMARTS) is 1. The summed E-state index contributed by atoms with van der Waals surface area (Å²) < 4.78 is 2.50. The Hall–Kier alpha value is -1.43. The Bertz CT molecular complexity index is 579. The Morgan fingerprint density at radius 3 is 2.94 bits per heavy atom. The van der Waals surface area contributed by atoms with E-state index in [0.717, 1.165) is 4.47 Å². The van der Waals surface area contributed by atoms with E-state index in [1.54, 1.807) is 17.7 Å². The molecule has 2 rings (SSSR count). The van der Waals surface area contributed by atoms with Gasteiger partial charge in [-0.05, 0) is 35.3 Å². The predicted molar refractivity (Wildman–Crippen MR) is 66.9 cm³/mol. The number of carbonyl (C=O) groups is 1. The van der Waals surface area contributed by atoms with Gasteiger partial charge in [0.1, 0.15) is 17.4 Å². The first-order valence-electron chi connectivity index (χ1n) is 5.27. The quantitative estimate of drug-likeness (QED) is 0.945. The summed E-state index contributed by atoms with van der Waals surface area (Å²) in [5, 5.41) is 9.20. The fourth-order valence-corrected chi connectivity index (χ4v) is 2.23. The van der Waals surface area contributed by atoms with Gasteiger partial charge in [0.05, 0.1) is 0 Å². The van der Waals surface area contributed by atoms with E-state index in [-0.39, 0.29) is 0 Å². The summed E-state index contributed by atoms with van der Waals surface area (Å²) in [5.41, 5.74) is 1.32. The van der Waals surface area contributed by atoms with Crippen LogP contribution in [0, 0.1) is 6.92 Å². The Balaban J connectivity index is 2.68. The molecule has 1 atom stereocenters. The molecule has 5 nitrogen and oxygen atoms in total. The Labute approximate surface area is 107 Å². The molecule has 2 aromatic rings. The minimum atomic E-state index is -0.861. The zero-order valence-corrected chi connectivity index (χ0v) is 11.1. The number of pyridine rings is 1. The molecule has 6 heteroatoms. The highest BCUT2D eigenvalue weighted by atomic mass is 79.9. The van der Waals surface area contributed by atoms with E-state index in [4.69, 9.17) is 0 Å². The molecule has 2 aromatic heterocycles. The van der Waals surface area contributed by atoms with Crippen LogP contribution >= 0.6 is 15.9 Å². The summed E-state index contributed by atoms with van der Waals surface area (Å²) in [6, 6.07) is 1.22. The van der Waals surface area contributed by atoms with Gasteiger partial charge in [0.2, 0.25) is 0 Å². The second-order valence-corrected chi connectivity index (χ2v) is 4.70. The van der Waals surface area contributed by atoms with Crippen molar-refractivity contribution in [3.8, 4) is 0 Å². The number of hydrogen-bond donors (Lipinski definition) is 1. The maximum Gasteiger partial charge on any atom is 0.326 e. The molecule has 2 heterocycles. The number of aromatic nitrogens is 3. The van der Waals surface area contributed by atoms with Crippen molar-refractivity contribution in [3.63, 3.8) is 0 Å². The fourth-order valence-electron chi connectivity index (χ4n) is 1.91. The molecule has 0 spiro atoms. The highest BCUT2D eigenvalue weighted by molar-refractivity contribution is 9.10. The summed E-state index contributed by atoms with van der Waals surface area (Å²) in [7, 11) is 0. The molecule has 1 unspecified atom stereocenters. The lowest BCUT2D eigenvalue weighted by Gasteiger charge is -2.13. The zero-order chi connectivity index (χ0) is 12.6. The molecular weight excluding hydrogens is 286 g/mol. The summed E-state index contributed by atoms with van der Waals surface area (Å²) in [6.45, 7) is 3.63. The van der Waals surface area contributed by atoms with Crippen molar-refractivity contribution in [2.45, 2.75) is 26.3 Å². The standard InChI is InChI=1S/C11H12BrN3O2/c1-3-9(11(16)17)15-6(2)14-8-4-7(12)5-13-10(8)15/h4-5,9H,3H2,1-2H3,(H,16,17). The summed E-state index contributed by atoms with van der Waals surface area (Å²) in [4.78, 5) is 19.8. The number of hydrogen-bond acceptors (Lipinski definition) is 3. The zero-order valence-electron chi connectivity index (χ0n) is 9.51. The fraction of sp³-hybridized carbons (Fsp3) is 0.364. The normalized spacial score (nSPS) is 12.9. The van der Waals surface area contributed by atoms with Gasteiger partial charge in [-0.1, -0.05) is 6.92 Å².